The van der Waals surface area contributed by atoms with Crippen molar-refractivity contribution in [3.8, 4) is 0 Å². The molecule has 0 aliphatic heterocycles. The summed E-state index contributed by atoms with van der Waals surface area (Å²) < 4.78 is 15.3. The fourth-order valence-corrected chi connectivity index (χ4v) is 1.67. The Kier molecular flexibility index (Phi) is 6.46. The lowest BCUT2D eigenvalue weighted by atomic mass is 10.1. The normalized spacial score (nSPS) is 9.86. The van der Waals surface area contributed by atoms with E-state index in [0.29, 0.717) is 12.4 Å². The maximum absolute atomic E-state index is 10.9. The average molecular weight is 292 g/mol. The topological polar surface area (TPSA) is 61.8 Å². The predicted octanol–water partition coefficient (Wildman–Crippen LogP) is 2.86. The molecule has 0 spiro atoms. The molecule has 0 N–H and O–H groups in total. The Morgan fingerprint density at radius 1 is 0.810 bits per heavy atom. The molecule has 0 unspecified atom stereocenters. The number of ether oxygens (including phenoxy) is 3. The Bertz CT molecular complexity index is 445. The minimum absolute atomic E-state index is 0.170. The van der Waals surface area contributed by atoms with Gasteiger partial charge in [-0.25, -0.2) is 0 Å². The molecule has 0 fully saturated rings. The highest BCUT2D eigenvalue weighted by Gasteiger charge is 2.05. The van der Waals surface area contributed by atoms with Gasteiger partial charge in [0, 0.05) is 13.8 Å². The highest BCUT2D eigenvalue weighted by atomic mass is 16.5. The second-order valence-corrected chi connectivity index (χ2v) is 4.71. The molecule has 0 aliphatic rings. The van der Waals surface area contributed by atoms with Gasteiger partial charge in [0.05, 0.1) is 5.76 Å². The van der Waals surface area contributed by atoms with Crippen molar-refractivity contribution >= 4 is 11.9 Å². The smallest absolute Gasteiger partial charge is 0.302 e. The fourth-order valence-electron chi connectivity index (χ4n) is 1.67. The van der Waals surface area contributed by atoms with Gasteiger partial charge in [-0.3, -0.25) is 9.59 Å². The van der Waals surface area contributed by atoms with E-state index in [2.05, 4.69) is 6.58 Å². The van der Waals surface area contributed by atoms with Crippen molar-refractivity contribution in [2.24, 2.45) is 0 Å². The van der Waals surface area contributed by atoms with Crippen LogP contribution in [0, 0.1) is 0 Å². The summed E-state index contributed by atoms with van der Waals surface area (Å²) in [5.41, 5.74) is 2.52. The van der Waals surface area contributed by atoms with E-state index in [-0.39, 0.29) is 25.2 Å². The Labute approximate surface area is 124 Å². The van der Waals surface area contributed by atoms with E-state index in [1.165, 1.54) is 13.8 Å². The van der Waals surface area contributed by atoms with Crippen molar-refractivity contribution in [1.29, 1.82) is 0 Å². The number of carbonyl (C=O) groups excluding carboxylic acids is 2. The second-order valence-electron chi connectivity index (χ2n) is 4.71. The summed E-state index contributed by atoms with van der Waals surface area (Å²) in [6, 6.07) is 5.59. The summed E-state index contributed by atoms with van der Waals surface area (Å²) in [6.45, 7) is 8.85. The number of esters is 2. The van der Waals surface area contributed by atoms with E-state index >= 15 is 0 Å². The van der Waals surface area contributed by atoms with Crippen LogP contribution in [0.5, 0.6) is 0 Å². The highest BCUT2D eigenvalue weighted by Crippen LogP contribution is 2.15. The van der Waals surface area contributed by atoms with Gasteiger partial charge in [0.15, 0.2) is 0 Å². The molecule has 21 heavy (non-hydrogen) atoms. The monoisotopic (exact) mass is 292 g/mol. The zero-order valence-corrected chi connectivity index (χ0v) is 12.6. The molecule has 0 atom stereocenters. The first-order chi connectivity index (χ1) is 9.86. The van der Waals surface area contributed by atoms with Crippen molar-refractivity contribution in [1.82, 2.24) is 0 Å². The van der Waals surface area contributed by atoms with Crippen molar-refractivity contribution in [2.45, 2.75) is 40.6 Å². The van der Waals surface area contributed by atoms with E-state index in [0.717, 1.165) is 16.7 Å². The van der Waals surface area contributed by atoms with Crippen LogP contribution in [0.4, 0.5) is 0 Å². The zero-order valence-electron chi connectivity index (χ0n) is 12.6. The van der Waals surface area contributed by atoms with Gasteiger partial charge >= 0.3 is 11.9 Å². The van der Waals surface area contributed by atoms with Gasteiger partial charge in [-0.1, -0.05) is 6.58 Å². The molecule has 0 aliphatic carbocycles. The molecular formula is C16H20O5. The van der Waals surface area contributed by atoms with Crippen molar-refractivity contribution < 1.29 is 23.8 Å². The number of hydrogen-bond donors (Lipinski definition) is 0. The molecule has 0 aromatic heterocycles. The fraction of sp³-hybridized carbons (Fsp3) is 0.375. The largest absolute Gasteiger partial charge is 0.494 e. The van der Waals surface area contributed by atoms with Gasteiger partial charge in [0.25, 0.3) is 0 Å². The van der Waals surface area contributed by atoms with Crippen LogP contribution >= 0.6 is 0 Å². The molecule has 0 heterocycles. The first-order valence-electron chi connectivity index (χ1n) is 6.53. The SMILES string of the molecule is C=C(C)OCc1cc(COC(C)=O)cc(COC(C)=O)c1. The van der Waals surface area contributed by atoms with Crippen LogP contribution in [-0.4, -0.2) is 11.9 Å². The lowest BCUT2D eigenvalue weighted by Crippen LogP contribution is -2.04. The van der Waals surface area contributed by atoms with Gasteiger partial charge in [-0.05, 0) is 41.8 Å². The van der Waals surface area contributed by atoms with Gasteiger partial charge in [-0.15, -0.1) is 0 Å². The van der Waals surface area contributed by atoms with Crippen LogP contribution in [0.3, 0.4) is 0 Å². The minimum Gasteiger partial charge on any atom is -0.494 e. The third-order valence-electron chi connectivity index (χ3n) is 2.48. The van der Waals surface area contributed by atoms with Crippen molar-refractivity contribution in [3.05, 3.63) is 47.2 Å². The molecule has 1 rings (SSSR count). The van der Waals surface area contributed by atoms with E-state index in [9.17, 15) is 9.59 Å². The Balaban J connectivity index is 2.86. The molecule has 1 aromatic rings. The summed E-state index contributed by atoms with van der Waals surface area (Å²) in [6.07, 6.45) is 0. The predicted molar refractivity (Wildman–Crippen MR) is 77.0 cm³/mol. The van der Waals surface area contributed by atoms with Crippen LogP contribution in [0.25, 0.3) is 0 Å². The molecule has 0 amide bonds. The first kappa shape index (κ1) is 16.8. The third-order valence-corrected chi connectivity index (χ3v) is 2.48. The molecule has 0 saturated carbocycles. The van der Waals surface area contributed by atoms with Crippen LogP contribution in [0.1, 0.15) is 37.5 Å². The summed E-state index contributed by atoms with van der Waals surface area (Å²) in [5, 5.41) is 0. The third kappa shape index (κ3) is 7.15. The maximum atomic E-state index is 10.9. The zero-order chi connectivity index (χ0) is 15.8. The summed E-state index contributed by atoms with van der Waals surface area (Å²) in [5.74, 6) is -0.0813. The van der Waals surface area contributed by atoms with Crippen LogP contribution in [0.2, 0.25) is 0 Å². The minimum atomic E-state index is -0.347. The number of hydrogen-bond acceptors (Lipinski definition) is 5. The maximum Gasteiger partial charge on any atom is 0.302 e. The van der Waals surface area contributed by atoms with Gasteiger partial charge in [0.2, 0.25) is 0 Å². The molecule has 114 valence electrons. The van der Waals surface area contributed by atoms with Crippen LogP contribution in [-0.2, 0) is 43.6 Å². The highest BCUT2D eigenvalue weighted by molar-refractivity contribution is 5.66. The van der Waals surface area contributed by atoms with E-state index in [4.69, 9.17) is 14.2 Å². The van der Waals surface area contributed by atoms with E-state index < -0.39 is 0 Å². The van der Waals surface area contributed by atoms with Gasteiger partial charge in [0.1, 0.15) is 19.8 Å². The molecular weight excluding hydrogens is 272 g/mol. The van der Waals surface area contributed by atoms with Gasteiger partial charge in [-0.2, -0.15) is 0 Å². The van der Waals surface area contributed by atoms with E-state index in [1.807, 2.05) is 18.2 Å². The summed E-state index contributed by atoms with van der Waals surface area (Å²) in [7, 11) is 0. The van der Waals surface area contributed by atoms with Crippen molar-refractivity contribution in [2.75, 3.05) is 0 Å². The average Bonchev–Trinajstić information content (AvgIpc) is 2.40. The van der Waals surface area contributed by atoms with Gasteiger partial charge < -0.3 is 14.2 Å². The lowest BCUT2D eigenvalue weighted by molar-refractivity contribution is -0.142. The molecule has 1 aromatic carbocycles. The lowest BCUT2D eigenvalue weighted by Gasteiger charge is -2.11. The number of carbonyl (C=O) groups is 2. The second kappa shape index (κ2) is 8.09. The molecule has 5 nitrogen and oxygen atoms in total. The number of allylic oxidation sites excluding steroid dienone is 1. The van der Waals surface area contributed by atoms with E-state index in [1.54, 1.807) is 6.92 Å². The number of rotatable bonds is 7. The molecule has 5 heteroatoms. The standard InChI is InChI=1S/C16H20O5/c1-11(2)19-8-14-5-15(9-20-12(3)17)7-16(6-14)10-21-13(4)18/h5-7H,1,8-10H2,2-4H3. The quantitative estimate of drug-likeness (QED) is 0.571. The van der Waals surface area contributed by atoms with Crippen LogP contribution < -0.4 is 0 Å². The summed E-state index contributed by atoms with van der Waals surface area (Å²) >= 11 is 0. The molecule has 0 bridgehead atoms. The first-order valence-corrected chi connectivity index (χ1v) is 6.53. The Hall–Kier alpha value is -2.30. The summed E-state index contributed by atoms with van der Waals surface area (Å²) in [4.78, 5) is 21.8. The Morgan fingerprint density at radius 3 is 1.43 bits per heavy atom. The van der Waals surface area contributed by atoms with Crippen molar-refractivity contribution in [3.63, 3.8) is 0 Å². The molecule has 0 radical (unpaired) electrons. The van der Waals surface area contributed by atoms with Crippen LogP contribution in [0.15, 0.2) is 30.5 Å². The number of benzene rings is 1. The Morgan fingerprint density at radius 2 is 1.14 bits per heavy atom. The molecule has 0 saturated heterocycles.